The van der Waals surface area contributed by atoms with E-state index < -0.39 is 0 Å². The molecule has 1 N–H and O–H groups in total. The molecule has 146 valence electrons. The van der Waals surface area contributed by atoms with Crippen LogP contribution in [-0.4, -0.2) is 47.7 Å². The maximum absolute atomic E-state index is 12.3. The quantitative estimate of drug-likeness (QED) is 0.700. The summed E-state index contributed by atoms with van der Waals surface area (Å²) in [6.07, 6.45) is 3.31. The Hall–Kier alpha value is -3.13. The summed E-state index contributed by atoms with van der Waals surface area (Å²) in [5, 5.41) is 11.1. The first-order valence-corrected chi connectivity index (χ1v) is 9.25. The second-order valence-corrected chi connectivity index (χ2v) is 6.75. The van der Waals surface area contributed by atoms with Crippen LogP contribution >= 0.6 is 0 Å². The number of hydrogen-bond acceptors (Lipinski definition) is 7. The highest BCUT2D eigenvalue weighted by Gasteiger charge is 2.26. The molecule has 3 aromatic rings. The molecule has 0 saturated carbocycles. The van der Waals surface area contributed by atoms with Gasteiger partial charge in [0.15, 0.2) is 5.76 Å². The molecule has 1 amide bonds. The van der Waals surface area contributed by atoms with Crippen LogP contribution in [0.15, 0.2) is 51.5 Å². The van der Waals surface area contributed by atoms with Gasteiger partial charge in [0, 0.05) is 17.7 Å². The van der Waals surface area contributed by atoms with Crippen molar-refractivity contribution in [3.8, 4) is 17.4 Å². The van der Waals surface area contributed by atoms with E-state index in [1.807, 2.05) is 18.2 Å². The van der Waals surface area contributed by atoms with Gasteiger partial charge in [0.2, 0.25) is 11.8 Å². The van der Waals surface area contributed by atoms with Crippen molar-refractivity contribution in [2.45, 2.75) is 18.8 Å². The molecular weight excluding hydrogens is 360 g/mol. The third-order valence-corrected chi connectivity index (χ3v) is 4.83. The van der Waals surface area contributed by atoms with E-state index in [0.717, 1.165) is 31.6 Å². The number of anilines is 1. The zero-order chi connectivity index (χ0) is 19.3. The third kappa shape index (κ3) is 4.23. The van der Waals surface area contributed by atoms with Crippen LogP contribution in [0.25, 0.3) is 11.7 Å². The number of piperidine rings is 1. The molecule has 0 radical (unpaired) electrons. The molecule has 0 bridgehead atoms. The van der Waals surface area contributed by atoms with Gasteiger partial charge in [-0.2, -0.15) is 0 Å². The lowest BCUT2D eigenvalue weighted by molar-refractivity contribution is -0.117. The van der Waals surface area contributed by atoms with Gasteiger partial charge in [0.25, 0.3) is 5.89 Å². The maximum Gasteiger partial charge on any atom is 0.283 e. The zero-order valence-corrected chi connectivity index (χ0v) is 15.6. The van der Waals surface area contributed by atoms with Gasteiger partial charge in [-0.25, -0.2) is 0 Å². The van der Waals surface area contributed by atoms with Crippen molar-refractivity contribution in [3.63, 3.8) is 0 Å². The van der Waals surface area contributed by atoms with Crippen LogP contribution in [0.1, 0.15) is 24.7 Å². The first kappa shape index (κ1) is 18.2. The fourth-order valence-electron chi connectivity index (χ4n) is 3.34. The Kier molecular flexibility index (Phi) is 5.38. The third-order valence-electron chi connectivity index (χ3n) is 4.83. The number of benzene rings is 1. The highest BCUT2D eigenvalue weighted by atomic mass is 16.5. The summed E-state index contributed by atoms with van der Waals surface area (Å²) in [6, 6.07) is 10.9. The van der Waals surface area contributed by atoms with Gasteiger partial charge in [-0.05, 0) is 50.2 Å². The number of aromatic nitrogens is 2. The molecular formula is C20H22N4O4. The van der Waals surface area contributed by atoms with E-state index in [2.05, 4.69) is 20.4 Å². The molecule has 8 heteroatoms. The van der Waals surface area contributed by atoms with Crippen molar-refractivity contribution < 1.29 is 18.4 Å². The Morgan fingerprint density at radius 1 is 1.25 bits per heavy atom. The van der Waals surface area contributed by atoms with E-state index in [1.165, 1.54) is 0 Å². The minimum atomic E-state index is -0.0374. The fraction of sp³-hybridized carbons (Fsp3) is 0.350. The lowest BCUT2D eigenvalue weighted by Gasteiger charge is -2.29. The van der Waals surface area contributed by atoms with Crippen LogP contribution in [0.5, 0.6) is 5.75 Å². The van der Waals surface area contributed by atoms with E-state index in [-0.39, 0.29) is 11.8 Å². The molecule has 1 aliphatic heterocycles. The smallest absolute Gasteiger partial charge is 0.283 e. The van der Waals surface area contributed by atoms with Crippen LogP contribution in [-0.2, 0) is 4.79 Å². The Labute approximate surface area is 162 Å². The average Bonchev–Trinajstić information content (AvgIpc) is 3.40. The van der Waals surface area contributed by atoms with E-state index in [9.17, 15) is 4.79 Å². The summed E-state index contributed by atoms with van der Waals surface area (Å²) >= 11 is 0. The summed E-state index contributed by atoms with van der Waals surface area (Å²) in [7, 11) is 1.60. The maximum atomic E-state index is 12.3. The molecule has 0 spiro atoms. The van der Waals surface area contributed by atoms with E-state index >= 15 is 0 Å². The zero-order valence-electron chi connectivity index (χ0n) is 15.6. The number of amides is 1. The summed E-state index contributed by atoms with van der Waals surface area (Å²) in [6.45, 7) is 1.95. The second-order valence-electron chi connectivity index (χ2n) is 6.75. The summed E-state index contributed by atoms with van der Waals surface area (Å²) in [5.74, 6) is 2.49. The van der Waals surface area contributed by atoms with Crippen molar-refractivity contribution in [1.29, 1.82) is 0 Å². The minimum Gasteiger partial charge on any atom is -0.497 e. The molecule has 1 aliphatic rings. The van der Waals surface area contributed by atoms with Crippen molar-refractivity contribution in [2.24, 2.45) is 0 Å². The predicted octanol–water partition coefficient (Wildman–Crippen LogP) is 3.16. The second kappa shape index (κ2) is 8.26. The summed E-state index contributed by atoms with van der Waals surface area (Å²) in [4.78, 5) is 14.5. The van der Waals surface area contributed by atoms with Gasteiger partial charge in [0.1, 0.15) is 5.75 Å². The van der Waals surface area contributed by atoms with Crippen molar-refractivity contribution in [1.82, 2.24) is 15.1 Å². The summed E-state index contributed by atoms with van der Waals surface area (Å²) < 4.78 is 16.2. The number of rotatable bonds is 6. The number of hydrogen-bond donors (Lipinski definition) is 1. The lowest BCUT2D eigenvalue weighted by Crippen LogP contribution is -2.38. The lowest BCUT2D eigenvalue weighted by atomic mass is 9.97. The van der Waals surface area contributed by atoms with Crippen LogP contribution in [0.4, 0.5) is 5.69 Å². The Morgan fingerprint density at radius 2 is 2.11 bits per heavy atom. The molecule has 3 heterocycles. The molecule has 28 heavy (non-hydrogen) atoms. The highest BCUT2D eigenvalue weighted by molar-refractivity contribution is 5.92. The largest absolute Gasteiger partial charge is 0.497 e. The molecule has 0 aliphatic carbocycles. The Bertz CT molecular complexity index is 914. The molecule has 0 unspecified atom stereocenters. The molecule has 1 aromatic carbocycles. The fourth-order valence-corrected chi connectivity index (χ4v) is 3.34. The van der Waals surface area contributed by atoms with E-state index in [4.69, 9.17) is 13.6 Å². The molecule has 1 fully saturated rings. The number of nitrogens with one attached hydrogen (secondary N) is 1. The van der Waals surface area contributed by atoms with Crippen LogP contribution in [0.2, 0.25) is 0 Å². The van der Waals surface area contributed by atoms with Crippen LogP contribution in [0, 0.1) is 0 Å². The normalized spacial score (nSPS) is 15.5. The van der Waals surface area contributed by atoms with Gasteiger partial charge in [0.05, 0.1) is 19.9 Å². The van der Waals surface area contributed by atoms with Gasteiger partial charge in [-0.15, -0.1) is 10.2 Å². The Morgan fingerprint density at radius 3 is 2.86 bits per heavy atom. The minimum absolute atomic E-state index is 0.0374. The number of likely N-dealkylation sites (tertiary alicyclic amines) is 1. The number of methoxy groups -OCH3 is 1. The first-order valence-electron chi connectivity index (χ1n) is 9.25. The van der Waals surface area contributed by atoms with Crippen molar-refractivity contribution in [2.75, 3.05) is 32.1 Å². The van der Waals surface area contributed by atoms with Gasteiger partial charge in [-0.3, -0.25) is 9.69 Å². The van der Waals surface area contributed by atoms with E-state index in [1.54, 1.807) is 31.6 Å². The Balaban J connectivity index is 1.27. The molecule has 8 nitrogen and oxygen atoms in total. The number of ether oxygens (including phenoxy) is 1. The van der Waals surface area contributed by atoms with Crippen LogP contribution < -0.4 is 10.1 Å². The number of nitrogens with zero attached hydrogens (tertiary/aromatic N) is 3. The first-order chi connectivity index (χ1) is 13.7. The standard InChI is InChI=1S/C20H22N4O4/c1-26-16-5-2-4-15(12-16)21-18(25)13-24-9-7-14(8-10-24)19-22-23-20(28-19)17-6-3-11-27-17/h2-6,11-12,14H,7-10,13H2,1H3,(H,21,25). The van der Waals surface area contributed by atoms with Gasteiger partial charge >= 0.3 is 0 Å². The topological polar surface area (TPSA) is 93.6 Å². The number of carbonyl (C=O) groups is 1. The highest BCUT2D eigenvalue weighted by Crippen LogP contribution is 2.29. The van der Waals surface area contributed by atoms with E-state index in [0.29, 0.717) is 29.8 Å². The molecule has 2 aromatic heterocycles. The SMILES string of the molecule is COc1cccc(NC(=O)CN2CCC(c3nnc(-c4ccco4)o3)CC2)c1. The number of carbonyl (C=O) groups excluding carboxylic acids is 1. The number of furan rings is 1. The monoisotopic (exact) mass is 382 g/mol. The van der Waals surface area contributed by atoms with Crippen molar-refractivity contribution in [3.05, 3.63) is 48.6 Å². The molecule has 4 rings (SSSR count). The predicted molar refractivity (Wildman–Crippen MR) is 102 cm³/mol. The average molecular weight is 382 g/mol. The van der Waals surface area contributed by atoms with Crippen molar-refractivity contribution >= 4 is 11.6 Å². The molecule has 0 atom stereocenters. The molecule has 1 saturated heterocycles. The van der Waals surface area contributed by atoms with Gasteiger partial charge < -0.3 is 18.9 Å². The van der Waals surface area contributed by atoms with Gasteiger partial charge in [-0.1, -0.05) is 6.07 Å². The van der Waals surface area contributed by atoms with Crippen LogP contribution in [0.3, 0.4) is 0 Å². The summed E-state index contributed by atoms with van der Waals surface area (Å²) in [5.41, 5.74) is 0.732.